The van der Waals surface area contributed by atoms with Gasteiger partial charge in [-0.1, -0.05) is 6.07 Å². The number of nitrogens with zero attached hydrogens (tertiary/aromatic N) is 6. The maximum absolute atomic E-state index is 13.6. The number of carbonyl (C=O) groups excluding carboxylic acids is 5. The van der Waals surface area contributed by atoms with Crippen molar-refractivity contribution in [3.8, 4) is 17.2 Å². The molecule has 5 amide bonds. The number of piperazine rings is 1. The molecule has 11 rings (SSSR count). The molecule has 2 bridgehead atoms. The predicted octanol–water partition coefficient (Wildman–Crippen LogP) is 6.14. The Kier molecular flexibility index (Phi) is 12.6. The van der Waals surface area contributed by atoms with E-state index in [1.807, 2.05) is 6.07 Å². The van der Waals surface area contributed by atoms with Crippen LogP contribution in [0.1, 0.15) is 56.8 Å². The van der Waals surface area contributed by atoms with Crippen LogP contribution in [-0.4, -0.2) is 112 Å². The van der Waals surface area contributed by atoms with Crippen molar-refractivity contribution in [3.05, 3.63) is 113 Å². The molecule has 1 aliphatic carbocycles. The first-order valence-electron chi connectivity index (χ1n) is 24.8. The normalized spacial score (nSPS) is 20.8. The molecule has 6 heterocycles. The number of benzene rings is 4. The van der Waals surface area contributed by atoms with Crippen molar-refractivity contribution >= 4 is 74.1 Å². The van der Waals surface area contributed by atoms with E-state index in [1.165, 1.54) is 28.8 Å². The van der Waals surface area contributed by atoms with Gasteiger partial charge in [-0.3, -0.25) is 53.4 Å². The van der Waals surface area contributed by atoms with Crippen LogP contribution in [-0.2, 0) is 24.0 Å². The summed E-state index contributed by atoms with van der Waals surface area (Å²) in [6, 6.07) is 23.1. The predicted molar refractivity (Wildman–Crippen MR) is 271 cm³/mol. The van der Waals surface area contributed by atoms with Crippen molar-refractivity contribution in [3.63, 3.8) is 0 Å². The minimum absolute atomic E-state index is 0.137. The first-order chi connectivity index (χ1) is 35.3. The van der Waals surface area contributed by atoms with Gasteiger partial charge in [0, 0.05) is 74.2 Å². The number of aryl methyl sites for hydroxylation is 1. The minimum Gasteiger partial charge on any atom is -0.495 e. The highest BCUT2D eigenvalue weighted by Gasteiger charge is 2.56. The number of nitrogens with one attached hydrogen (secondary N) is 4. The molecule has 0 spiro atoms. The van der Waals surface area contributed by atoms with E-state index in [4.69, 9.17) is 14.5 Å². The highest BCUT2D eigenvalue weighted by molar-refractivity contribution is 6.17. The first-order valence-corrected chi connectivity index (χ1v) is 24.8. The molecule has 2 aromatic heterocycles. The second kappa shape index (κ2) is 19.3. The maximum atomic E-state index is 13.6. The fourth-order valence-electron chi connectivity index (χ4n) is 11.1. The molecule has 1 saturated carbocycles. The number of hydrogen-bond donors (Lipinski definition) is 4. The largest absolute Gasteiger partial charge is 0.495 e. The van der Waals surface area contributed by atoms with Gasteiger partial charge in [0.1, 0.15) is 45.9 Å². The second-order valence-corrected chi connectivity index (χ2v) is 19.9. The number of ether oxygens (including phenoxy) is 2. The van der Waals surface area contributed by atoms with E-state index in [2.05, 4.69) is 47.0 Å². The lowest BCUT2D eigenvalue weighted by atomic mass is 9.95. The van der Waals surface area contributed by atoms with Gasteiger partial charge in [-0.15, -0.1) is 0 Å². The molecule has 5 fully saturated rings. The van der Waals surface area contributed by atoms with Crippen LogP contribution in [0.2, 0.25) is 0 Å². The zero-order valence-electron chi connectivity index (χ0n) is 40.5. The van der Waals surface area contributed by atoms with Crippen molar-refractivity contribution in [1.29, 1.82) is 0 Å². The first kappa shape index (κ1) is 47.5. The molecular weight excluding hydrogens is 936 g/mol. The Bertz CT molecular complexity index is 3250. The number of halogens is 1. The van der Waals surface area contributed by atoms with Crippen LogP contribution in [0.25, 0.3) is 21.8 Å². The highest BCUT2D eigenvalue weighted by Crippen LogP contribution is 2.48. The summed E-state index contributed by atoms with van der Waals surface area (Å²) in [5, 5.41) is 12.0. The van der Waals surface area contributed by atoms with Gasteiger partial charge in [0.2, 0.25) is 29.5 Å². The average Bonchev–Trinajstić information content (AvgIpc) is 3.99. The lowest BCUT2D eigenvalue weighted by molar-refractivity contribution is -0.136. The maximum Gasteiger partial charge on any atom is 0.262 e. The lowest BCUT2D eigenvalue weighted by Gasteiger charge is -2.39. The number of para-hydroxylation sites is 1. The number of hydrogen-bond acceptors (Lipinski definition) is 13. The zero-order chi connectivity index (χ0) is 50.5. The molecule has 1 unspecified atom stereocenters. The Hall–Kier alpha value is -7.77. The molecule has 5 aliphatic rings. The van der Waals surface area contributed by atoms with E-state index < -0.39 is 40.6 Å². The number of rotatable bonds is 14. The van der Waals surface area contributed by atoms with E-state index in [1.54, 1.807) is 68.8 Å². The zero-order valence-corrected chi connectivity index (χ0v) is 40.5. The highest BCUT2D eigenvalue weighted by atomic mass is 19.1. The Balaban J connectivity index is 0.664. The van der Waals surface area contributed by atoms with Crippen LogP contribution in [0.5, 0.6) is 17.2 Å². The summed E-state index contributed by atoms with van der Waals surface area (Å²) in [6.45, 7) is 6.34. The number of amides is 5. The Morgan fingerprint density at radius 2 is 1.52 bits per heavy atom. The van der Waals surface area contributed by atoms with E-state index >= 15 is 0 Å². The Morgan fingerprint density at radius 1 is 0.822 bits per heavy atom. The van der Waals surface area contributed by atoms with Crippen molar-refractivity contribution in [2.75, 3.05) is 67.2 Å². The average molecular weight is 991 g/mol. The van der Waals surface area contributed by atoms with Crippen LogP contribution in [0, 0.1) is 24.1 Å². The van der Waals surface area contributed by atoms with Crippen LogP contribution in [0.3, 0.4) is 0 Å². The number of imide groups is 1. The molecule has 18 nitrogen and oxygen atoms in total. The molecule has 0 radical (unpaired) electrons. The van der Waals surface area contributed by atoms with Gasteiger partial charge in [-0.05, 0) is 130 Å². The Morgan fingerprint density at radius 3 is 2.19 bits per heavy atom. The van der Waals surface area contributed by atoms with E-state index in [9.17, 15) is 33.2 Å². The molecule has 19 heteroatoms. The second-order valence-electron chi connectivity index (χ2n) is 19.9. The van der Waals surface area contributed by atoms with E-state index in [0.717, 1.165) is 74.3 Å². The summed E-state index contributed by atoms with van der Waals surface area (Å²) in [5.41, 5.74) is 1.91. The van der Waals surface area contributed by atoms with Gasteiger partial charge < -0.3 is 30.3 Å². The topological polar surface area (TPSA) is 209 Å². The van der Waals surface area contributed by atoms with Crippen molar-refractivity contribution in [1.82, 2.24) is 29.7 Å². The monoisotopic (exact) mass is 990 g/mol. The van der Waals surface area contributed by atoms with Gasteiger partial charge in [-0.2, -0.15) is 0 Å². The van der Waals surface area contributed by atoms with E-state index in [0.29, 0.717) is 64.7 Å². The number of likely N-dealkylation sites (tertiary alicyclic amines) is 2. The molecule has 73 heavy (non-hydrogen) atoms. The summed E-state index contributed by atoms with van der Waals surface area (Å²) in [5.74, 6) is 0.423. The number of aromatic nitrogens is 3. The molecule has 4 saturated heterocycles. The quantitative estimate of drug-likeness (QED) is 0.0715. The fraction of sp³-hybridized carbons (Fsp3) is 0.370. The molecular formula is C54H55FN10O8. The summed E-state index contributed by atoms with van der Waals surface area (Å²) in [4.78, 5) is 94.4. The van der Waals surface area contributed by atoms with Crippen molar-refractivity contribution in [2.45, 2.75) is 70.0 Å². The smallest absolute Gasteiger partial charge is 0.262 e. The number of piperidine rings is 2. The summed E-state index contributed by atoms with van der Waals surface area (Å²) < 4.78 is 27.0. The van der Waals surface area contributed by atoms with Crippen molar-refractivity contribution < 1.29 is 37.8 Å². The van der Waals surface area contributed by atoms with Gasteiger partial charge in [0.25, 0.3) is 5.56 Å². The van der Waals surface area contributed by atoms with Gasteiger partial charge >= 0.3 is 0 Å². The standard InChI is InChI=1S/C54H55FN10O8/c1-31-57-49-39(51(69)65(31)43-14-15-47(66)61-50(43)68)4-3-5-41(49)60-48(67)30-64-29-36-24-37(64)28-63(36)27-32-17-22-62(23-18-32)44-26-42-40(25-46(44)72-2)45(16-21-56-42)73-38-12-10-35(11-13-38)59-53(71)54(19-20-54)52(70)58-34-8-6-33(55)7-9-34/h3-13,16,21,25-26,32,36-37,43H,14-15,17-20,22-24,27-30H2,1-2H3,(H,58,70)(H,59,71)(H,60,67)(H,61,66,68)/t36-,37-,43?/m0/s1. The summed E-state index contributed by atoms with van der Waals surface area (Å²) in [7, 11) is 1.67. The number of anilines is 4. The number of pyridine rings is 1. The third kappa shape index (κ3) is 9.45. The molecule has 376 valence electrons. The molecule has 4 aromatic carbocycles. The molecule has 4 aliphatic heterocycles. The van der Waals surface area contributed by atoms with Gasteiger partial charge in [0.15, 0.2) is 0 Å². The summed E-state index contributed by atoms with van der Waals surface area (Å²) in [6.07, 6.45) is 5.97. The van der Waals surface area contributed by atoms with Crippen molar-refractivity contribution in [2.24, 2.45) is 11.3 Å². The van der Waals surface area contributed by atoms with Crippen LogP contribution < -0.4 is 41.2 Å². The SMILES string of the molecule is COc1cc2c(Oc3ccc(NC(=O)C4(C(=O)Nc5ccc(F)cc5)CC4)cc3)ccnc2cc1N1CCC(CN2C[C@@H]3C[C@H]2CN3CC(=O)Nc2cccc3c(=O)n(C4CCC(=O)NC4=O)c(C)nc23)CC1. The number of methoxy groups -OCH3 is 1. The number of fused-ring (bicyclic) bond motifs is 4. The molecule has 6 aromatic rings. The third-order valence-corrected chi connectivity index (χ3v) is 15.2. The van der Waals surface area contributed by atoms with E-state index in [-0.39, 0.29) is 42.6 Å². The van der Waals surface area contributed by atoms with Gasteiger partial charge in [-0.25, -0.2) is 9.37 Å². The van der Waals surface area contributed by atoms with Crippen LogP contribution in [0.4, 0.5) is 27.1 Å². The van der Waals surface area contributed by atoms with Crippen LogP contribution in [0.15, 0.2) is 95.9 Å². The number of carbonyl (C=O) groups is 5. The third-order valence-electron chi connectivity index (χ3n) is 15.2. The molecule has 4 N–H and O–H groups in total. The minimum atomic E-state index is -1.18. The van der Waals surface area contributed by atoms with Crippen LogP contribution >= 0.6 is 0 Å². The lowest BCUT2D eigenvalue weighted by Crippen LogP contribution is -2.50. The summed E-state index contributed by atoms with van der Waals surface area (Å²) >= 11 is 0. The Labute approximate surface area is 419 Å². The molecule has 3 atom stereocenters. The fourth-order valence-corrected chi connectivity index (χ4v) is 11.1. The van der Waals surface area contributed by atoms with Gasteiger partial charge in [0.05, 0.1) is 35.9 Å².